The highest BCUT2D eigenvalue weighted by Gasteiger charge is 1.97. The summed E-state index contributed by atoms with van der Waals surface area (Å²) >= 11 is 3.18. The Labute approximate surface area is 111 Å². The molecule has 0 N–H and O–H groups in total. The van der Waals surface area contributed by atoms with Crippen LogP contribution in [0.25, 0.3) is 6.08 Å². The molecule has 0 aliphatic carbocycles. The van der Waals surface area contributed by atoms with Gasteiger partial charge in [-0.1, -0.05) is 48.0 Å². The van der Waals surface area contributed by atoms with Crippen molar-refractivity contribution in [3.63, 3.8) is 0 Å². The predicted octanol–water partition coefficient (Wildman–Crippen LogP) is 4.44. The van der Waals surface area contributed by atoms with Crippen molar-refractivity contribution < 1.29 is 13.9 Å². The molecular weight excluding hydrogens is 287 g/mol. The smallest absolute Gasteiger partial charge is 0.292 e. The summed E-state index contributed by atoms with van der Waals surface area (Å²) < 4.78 is 17.6. The topological polar surface area (TPSA) is 26.3 Å². The van der Waals surface area contributed by atoms with Gasteiger partial charge in [-0.15, -0.1) is 0 Å². The van der Waals surface area contributed by atoms with Crippen LogP contribution in [0.4, 0.5) is 4.39 Å². The van der Waals surface area contributed by atoms with Gasteiger partial charge in [0.1, 0.15) is 5.82 Å². The average molecular weight is 305 g/mol. The molecule has 0 aliphatic heterocycles. The Kier molecular flexibility index (Phi) is 13.8. The third kappa shape index (κ3) is 9.75. The normalized spacial score (nSPS) is 8.59. The van der Waals surface area contributed by atoms with Crippen LogP contribution in [-0.2, 0) is 9.53 Å². The maximum Gasteiger partial charge on any atom is 0.292 e. The zero-order valence-corrected chi connectivity index (χ0v) is 12.1. The molecule has 0 amide bonds. The van der Waals surface area contributed by atoms with E-state index in [1.165, 1.54) is 13.2 Å². The lowest BCUT2D eigenvalue weighted by Gasteiger charge is -1.95. The van der Waals surface area contributed by atoms with Gasteiger partial charge in [-0.3, -0.25) is 4.79 Å². The van der Waals surface area contributed by atoms with Crippen molar-refractivity contribution >= 4 is 28.5 Å². The minimum atomic E-state index is -0.197. The summed E-state index contributed by atoms with van der Waals surface area (Å²) in [5.74, 6) is -0.197. The maximum atomic E-state index is 13.0. The molecular formula is C13H18BrFO2. The third-order valence-electron chi connectivity index (χ3n) is 1.40. The second-order valence-corrected chi connectivity index (χ2v) is 3.41. The Morgan fingerprint density at radius 3 is 2.24 bits per heavy atom. The summed E-state index contributed by atoms with van der Waals surface area (Å²) in [7, 11) is 1.31. The minimum absolute atomic E-state index is 0.197. The zero-order chi connectivity index (χ0) is 13.7. The molecule has 0 bridgehead atoms. The Morgan fingerprint density at radius 2 is 1.88 bits per heavy atom. The van der Waals surface area contributed by atoms with E-state index in [2.05, 4.69) is 20.7 Å². The zero-order valence-electron chi connectivity index (χ0n) is 10.5. The lowest BCUT2D eigenvalue weighted by atomic mass is 10.2. The first-order valence-corrected chi connectivity index (χ1v) is 5.99. The fourth-order valence-corrected chi connectivity index (χ4v) is 1.15. The third-order valence-corrected chi connectivity index (χ3v) is 1.90. The van der Waals surface area contributed by atoms with Crippen molar-refractivity contribution in [2.24, 2.45) is 0 Å². The second-order valence-electron chi connectivity index (χ2n) is 2.50. The predicted molar refractivity (Wildman–Crippen MR) is 73.2 cm³/mol. The van der Waals surface area contributed by atoms with Gasteiger partial charge in [0.15, 0.2) is 0 Å². The van der Waals surface area contributed by atoms with Gasteiger partial charge < -0.3 is 4.74 Å². The van der Waals surface area contributed by atoms with Crippen molar-refractivity contribution in [3.8, 4) is 0 Å². The lowest BCUT2D eigenvalue weighted by Crippen LogP contribution is -1.80. The van der Waals surface area contributed by atoms with E-state index in [4.69, 9.17) is 4.79 Å². The number of rotatable bonds is 2. The van der Waals surface area contributed by atoms with Crippen LogP contribution in [0.1, 0.15) is 26.3 Å². The molecule has 0 aromatic heterocycles. The van der Waals surface area contributed by atoms with Gasteiger partial charge in [0.2, 0.25) is 0 Å². The molecule has 0 atom stereocenters. The van der Waals surface area contributed by atoms with Crippen LogP contribution in [0.3, 0.4) is 0 Å². The maximum absolute atomic E-state index is 13.0. The van der Waals surface area contributed by atoms with Gasteiger partial charge in [0.25, 0.3) is 6.47 Å². The highest BCUT2D eigenvalue weighted by atomic mass is 79.9. The van der Waals surface area contributed by atoms with Gasteiger partial charge in [-0.25, -0.2) is 4.39 Å². The molecule has 0 fully saturated rings. The van der Waals surface area contributed by atoms with Crippen LogP contribution in [0, 0.1) is 5.82 Å². The first-order chi connectivity index (χ1) is 8.15. The van der Waals surface area contributed by atoms with Crippen molar-refractivity contribution in [1.82, 2.24) is 0 Å². The Hall–Kier alpha value is -1.16. The number of methoxy groups -OCH3 is 1. The van der Waals surface area contributed by atoms with Crippen molar-refractivity contribution in [2.45, 2.75) is 20.8 Å². The number of hydrogen-bond acceptors (Lipinski definition) is 2. The molecule has 0 spiro atoms. The SMILES string of the molecule is C/C=C/c1ccc(Br)cc1F.CC.COC=O. The highest BCUT2D eigenvalue weighted by molar-refractivity contribution is 9.10. The van der Waals surface area contributed by atoms with Crippen LogP contribution < -0.4 is 0 Å². The van der Waals surface area contributed by atoms with Crippen molar-refractivity contribution in [3.05, 3.63) is 40.1 Å². The Morgan fingerprint density at radius 1 is 1.35 bits per heavy atom. The molecule has 96 valence electrons. The van der Waals surface area contributed by atoms with E-state index in [9.17, 15) is 4.39 Å². The number of benzene rings is 1. The minimum Gasteiger partial charge on any atom is -0.471 e. The van der Waals surface area contributed by atoms with Crippen molar-refractivity contribution in [1.29, 1.82) is 0 Å². The number of allylic oxidation sites excluding steroid dienone is 1. The molecule has 0 unspecified atom stereocenters. The molecule has 2 nitrogen and oxygen atoms in total. The average Bonchev–Trinajstić information content (AvgIpc) is 2.36. The van der Waals surface area contributed by atoms with Crippen LogP contribution >= 0.6 is 15.9 Å². The van der Waals surface area contributed by atoms with E-state index in [0.717, 1.165) is 4.47 Å². The van der Waals surface area contributed by atoms with Gasteiger partial charge >= 0.3 is 0 Å². The Bertz CT molecular complexity index is 338. The van der Waals surface area contributed by atoms with Crippen LogP contribution in [0.5, 0.6) is 0 Å². The van der Waals surface area contributed by atoms with Crippen LogP contribution in [0.15, 0.2) is 28.7 Å². The molecule has 17 heavy (non-hydrogen) atoms. The summed E-state index contributed by atoms with van der Waals surface area (Å²) in [6.45, 7) is 6.24. The van der Waals surface area contributed by atoms with E-state index >= 15 is 0 Å². The van der Waals surface area contributed by atoms with Crippen LogP contribution in [-0.4, -0.2) is 13.6 Å². The van der Waals surface area contributed by atoms with Gasteiger partial charge in [0, 0.05) is 10.0 Å². The van der Waals surface area contributed by atoms with E-state index in [1.54, 1.807) is 12.1 Å². The summed E-state index contributed by atoms with van der Waals surface area (Å²) in [5.41, 5.74) is 0.621. The number of carbonyl (C=O) groups is 1. The molecule has 0 radical (unpaired) electrons. The number of ether oxygens (including phenoxy) is 1. The molecule has 4 heteroatoms. The first-order valence-electron chi connectivity index (χ1n) is 5.20. The van der Waals surface area contributed by atoms with Crippen LogP contribution in [0.2, 0.25) is 0 Å². The molecule has 1 aromatic rings. The first kappa shape index (κ1) is 18.2. The van der Waals surface area contributed by atoms with E-state index in [-0.39, 0.29) is 5.82 Å². The van der Waals surface area contributed by atoms with E-state index in [0.29, 0.717) is 12.0 Å². The number of carbonyl (C=O) groups excluding carboxylic acids is 1. The molecule has 1 rings (SSSR count). The summed E-state index contributed by atoms with van der Waals surface area (Å²) in [6.07, 6.45) is 3.55. The Balaban J connectivity index is 0. The van der Waals surface area contributed by atoms with Gasteiger partial charge in [-0.05, 0) is 19.1 Å². The fourth-order valence-electron chi connectivity index (χ4n) is 0.816. The van der Waals surface area contributed by atoms with Gasteiger partial charge in [0.05, 0.1) is 7.11 Å². The number of halogens is 2. The monoisotopic (exact) mass is 304 g/mol. The fraction of sp³-hybridized carbons (Fsp3) is 0.308. The molecule has 0 aliphatic rings. The molecule has 0 saturated carbocycles. The van der Waals surface area contributed by atoms with Crippen molar-refractivity contribution in [2.75, 3.05) is 7.11 Å². The quantitative estimate of drug-likeness (QED) is 0.755. The van der Waals surface area contributed by atoms with E-state index < -0.39 is 0 Å². The molecule has 1 aromatic carbocycles. The van der Waals surface area contributed by atoms with E-state index in [1.807, 2.05) is 32.9 Å². The summed E-state index contributed by atoms with van der Waals surface area (Å²) in [5, 5.41) is 0. The molecule has 0 heterocycles. The second kappa shape index (κ2) is 12.9. The lowest BCUT2D eigenvalue weighted by molar-refractivity contribution is -0.126. The summed E-state index contributed by atoms with van der Waals surface area (Å²) in [6, 6.07) is 5.01. The summed E-state index contributed by atoms with van der Waals surface area (Å²) in [4.78, 5) is 8.95. The standard InChI is InChI=1S/C9H8BrF.C2H4O2.C2H6/c1-2-3-7-4-5-8(10)6-9(7)11;1-4-2-3;1-2/h2-6H,1H3;2H,1H3;1-2H3/b3-2+;;. The number of hydrogen-bond donors (Lipinski definition) is 0. The van der Waals surface area contributed by atoms with Gasteiger partial charge in [-0.2, -0.15) is 0 Å². The molecule has 0 saturated heterocycles. The largest absolute Gasteiger partial charge is 0.471 e. The highest BCUT2D eigenvalue weighted by Crippen LogP contribution is 2.15.